The molecule has 0 radical (unpaired) electrons. The lowest BCUT2D eigenvalue weighted by molar-refractivity contribution is 0.311. The summed E-state index contributed by atoms with van der Waals surface area (Å²) in [5.41, 5.74) is 8.06. The van der Waals surface area contributed by atoms with E-state index < -0.39 is 15.1 Å². The number of nitrogens with zero attached hydrogens (tertiary/aromatic N) is 3. The Kier molecular flexibility index (Phi) is 7.39. The Balaban J connectivity index is 1.15. The van der Waals surface area contributed by atoms with Crippen LogP contribution in [-0.2, 0) is 7.05 Å². The number of rotatable bonds is 7. The van der Waals surface area contributed by atoms with Gasteiger partial charge in [0.25, 0.3) is 0 Å². The predicted molar refractivity (Wildman–Crippen MR) is 204 cm³/mol. The van der Waals surface area contributed by atoms with Crippen molar-refractivity contribution in [3.63, 3.8) is 0 Å². The highest BCUT2D eigenvalue weighted by atomic mass is 27.3. The molecule has 0 fully saturated rings. The molecule has 3 aromatic heterocycles. The van der Waals surface area contributed by atoms with E-state index in [0.717, 1.165) is 55.1 Å². The van der Waals surface area contributed by atoms with Gasteiger partial charge >= 0.3 is 15.1 Å². The van der Waals surface area contributed by atoms with Crippen LogP contribution in [0.3, 0.4) is 0 Å². The summed E-state index contributed by atoms with van der Waals surface area (Å²) in [4.78, 5) is 9.63. The Hall–Kier alpha value is -5.87. The maximum Gasteiger partial charge on any atom is 1.20 e. The van der Waals surface area contributed by atoms with Crippen molar-refractivity contribution in [2.24, 2.45) is 7.05 Å². The van der Waals surface area contributed by atoms with Gasteiger partial charge in [-0.05, 0) is 78.9 Å². The topological polar surface area (TPSA) is 58.4 Å². The molecule has 9 aromatic rings. The lowest BCUT2D eigenvalue weighted by Crippen LogP contribution is -2.37. The molecule has 240 valence electrons. The van der Waals surface area contributed by atoms with Gasteiger partial charge in [0, 0.05) is 56.4 Å². The summed E-state index contributed by atoms with van der Waals surface area (Å²) in [6, 6.07) is 47.8. The highest BCUT2D eigenvalue weighted by molar-refractivity contribution is 6.40. The summed E-state index contributed by atoms with van der Waals surface area (Å²) >= 11 is -3.00. The zero-order chi connectivity index (χ0) is 33.8. The fourth-order valence-corrected chi connectivity index (χ4v) is 8.32. The van der Waals surface area contributed by atoms with Gasteiger partial charge in [-0.25, -0.2) is 9.97 Å². The summed E-state index contributed by atoms with van der Waals surface area (Å²) in [5, 5.41) is 6.52. The third kappa shape index (κ3) is 5.29. The Morgan fingerprint density at radius 3 is 1.74 bits per heavy atom. The first-order chi connectivity index (χ1) is 24.5. The number of pyridine rings is 2. The standard InChI is InChI=1S/C23H17NO.2C10H9NO.Al/c1-24-21-9-5-4-7-18(21)20-14-15(10-12-22(20)24)16-11-13-23(25)19-8-3-2-6-17(16)19;2*1-7-5-6-8-3-2-4-9(12)10(8)11-7;/h2-14,25H,1H3;2*2-6,12H,1H3;/q;;;+3/p-3. The first-order valence-corrected chi connectivity index (χ1v) is 18.1. The van der Waals surface area contributed by atoms with Crippen LogP contribution >= 0.6 is 0 Å². The second-order valence-electron chi connectivity index (χ2n) is 12.7. The minimum atomic E-state index is -3.00. The van der Waals surface area contributed by atoms with Crippen LogP contribution in [0, 0.1) is 13.8 Å². The van der Waals surface area contributed by atoms with E-state index >= 15 is 0 Å². The van der Waals surface area contributed by atoms with E-state index in [-0.39, 0.29) is 0 Å². The lowest BCUT2D eigenvalue weighted by atomic mass is 9.96. The number of aryl methyl sites for hydroxylation is 3. The molecule has 0 atom stereocenters. The van der Waals surface area contributed by atoms with Crippen molar-refractivity contribution in [1.29, 1.82) is 0 Å². The third-order valence-electron chi connectivity index (χ3n) is 9.42. The maximum atomic E-state index is 6.85. The van der Waals surface area contributed by atoms with Crippen LogP contribution in [0.25, 0.3) is 65.5 Å². The van der Waals surface area contributed by atoms with Crippen molar-refractivity contribution in [3.8, 4) is 28.4 Å². The highest BCUT2D eigenvalue weighted by Gasteiger charge is 2.46. The normalized spacial score (nSPS) is 11.5. The van der Waals surface area contributed by atoms with Crippen molar-refractivity contribution in [2.45, 2.75) is 13.8 Å². The highest BCUT2D eigenvalue weighted by Crippen LogP contribution is 2.38. The fraction of sp³-hybridized carbons (Fsp3) is 0.0698. The van der Waals surface area contributed by atoms with E-state index in [9.17, 15) is 0 Å². The van der Waals surface area contributed by atoms with Crippen molar-refractivity contribution in [2.75, 3.05) is 0 Å². The second kappa shape index (κ2) is 12.2. The number of benzene rings is 6. The van der Waals surface area contributed by atoms with Crippen LogP contribution in [0.15, 0.2) is 140 Å². The quantitative estimate of drug-likeness (QED) is 0.159. The zero-order valence-corrected chi connectivity index (χ0v) is 29.1. The smallest absolute Gasteiger partial charge is 0.577 e. The third-order valence-corrected chi connectivity index (χ3v) is 10.8. The molecule has 0 unspecified atom stereocenters. The number of aromatic nitrogens is 3. The first-order valence-electron chi connectivity index (χ1n) is 16.7. The van der Waals surface area contributed by atoms with Crippen molar-refractivity contribution < 1.29 is 11.4 Å². The molecular formula is C43H32AlN3O3. The van der Waals surface area contributed by atoms with Crippen molar-refractivity contribution in [1.82, 2.24) is 14.5 Å². The lowest BCUT2D eigenvalue weighted by Gasteiger charge is -2.20. The van der Waals surface area contributed by atoms with Crippen LogP contribution in [0.2, 0.25) is 0 Å². The molecule has 6 aromatic carbocycles. The molecule has 0 N–H and O–H groups in total. The molecule has 0 aliphatic rings. The van der Waals surface area contributed by atoms with Crippen LogP contribution in [0.1, 0.15) is 11.4 Å². The molecule has 0 amide bonds. The van der Waals surface area contributed by atoms with Gasteiger partial charge in [0.15, 0.2) is 0 Å². The van der Waals surface area contributed by atoms with Crippen molar-refractivity contribution in [3.05, 3.63) is 151 Å². The number of fused-ring (bicyclic) bond motifs is 6. The van der Waals surface area contributed by atoms with E-state index in [4.69, 9.17) is 21.3 Å². The van der Waals surface area contributed by atoms with Gasteiger partial charge in [-0.2, -0.15) is 0 Å². The van der Waals surface area contributed by atoms with E-state index in [0.29, 0.717) is 17.2 Å². The maximum absolute atomic E-state index is 6.85. The summed E-state index contributed by atoms with van der Waals surface area (Å²) in [7, 11) is 2.13. The largest absolute Gasteiger partial charge is 1.20 e. The van der Waals surface area contributed by atoms with E-state index in [1.807, 2.05) is 74.5 Å². The molecule has 6 nitrogen and oxygen atoms in total. The summed E-state index contributed by atoms with van der Waals surface area (Å²) in [6.07, 6.45) is 0. The van der Waals surface area contributed by atoms with Gasteiger partial charge in [0.05, 0.1) is 5.75 Å². The molecule has 0 saturated carbocycles. The molecule has 0 aliphatic heterocycles. The van der Waals surface area contributed by atoms with Gasteiger partial charge in [-0.3, -0.25) is 0 Å². The van der Waals surface area contributed by atoms with E-state index in [1.165, 1.54) is 21.8 Å². The Morgan fingerprint density at radius 1 is 0.480 bits per heavy atom. The molecule has 0 aliphatic carbocycles. The minimum absolute atomic E-state index is 0.622. The second-order valence-corrected chi connectivity index (χ2v) is 14.0. The molecule has 7 heteroatoms. The minimum Gasteiger partial charge on any atom is -0.577 e. The summed E-state index contributed by atoms with van der Waals surface area (Å²) < 4.78 is 22.6. The number of hydrogen-bond acceptors (Lipinski definition) is 5. The van der Waals surface area contributed by atoms with Gasteiger partial charge in [0.1, 0.15) is 22.5 Å². The van der Waals surface area contributed by atoms with Crippen molar-refractivity contribution >= 4 is 69.5 Å². The Morgan fingerprint density at radius 2 is 1.06 bits per heavy atom. The molecule has 0 bridgehead atoms. The van der Waals surface area contributed by atoms with Gasteiger partial charge in [-0.15, -0.1) is 0 Å². The first kappa shape index (κ1) is 30.2. The number of hydrogen-bond donors (Lipinski definition) is 0. The molecule has 50 heavy (non-hydrogen) atoms. The Bertz CT molecular complexity index is 2670. The summed E-state index contributed by atoms with van der Waals surface area (Å²) in [5.74, 6) is 1.94. The molecule has 0 saturated heterocycles. The average molecular weight is 666 g/mol. The average Bonchev–Trinajstić information content (AvgIpc) is 3.43. The van der Waals surface area contributed by atoms with Crippen LogP contribution in [-0.4, -0.2) is 29.7 Å². The number of para-hydroxylation sites is 3. The van der Waals surface area contributed by atoms with Crippen LogP contribution < -0.4 is 11.4 Å². The molecular weight excluding hydrogens is 633 g/mol. The fourth-order valence-electron chi connectivity index (χ4n) is 6.97. The predicted octanol–water partition coefficient (Wildman–Crippen LogP) is 10.4. The monoisotopic (exact) mass is 665 g/mol. The SMILES string of the molecule is Cc1ccc2cccc([O][Al]([O]c3ccc(-c4ccc5c(c4)c4ccccc4n5C)c4ccccc34)[O]c3cccc4ccc(C)nc34)c2n1. The van der Waals surface area contributed by atoms with E-state index in [1.54, 1.807) is 0 Å². The molecule has 3 heterocycles. The van der Waals surface area contributed by atoms with Gasteiger partial charge < -0.3 is 15.9 Å². The van der Waals surface area contributed by atoms with E-state index in [2.05, 4.69) is 90.5 Å². The Labute approximate surface area is 294 Å². The van der Waals surface area contributed by atoms with Gasteiger partial charge in [-0.1, -0.05) is 91.0 Å². The van der Waals surface area contributed by atoms with Crippen LogP contribution in [0.5, 0.6) is 17.2 Å². The molecule has 0 spiro atoms. The summed E-state index contributed by atoms with van der Waals surface area (Å²) in [6.45, 7) is 3.96. The van der Waals surface area contributed by atoms with Crippen LogP contribution in [0.4, 0.5) is 0 Å². The zero-order valence-electron chi connectivity index (χ0n) is 27.9. The van der Waals surface area contributed by atoms with Gasteiger partial charge in [0.2, 0.25) is 0 Å². The molecule has 9 rings (SSSR count).